The van der Waals surface area contributed by atoms with E-state index in [0.29, 0.717) is 13.2 Å². The average Bonchev–Trinajstić information content (AvgIpc) is 3.28. The van der Waals surface area contributed by atoms with Crippen molar-refractivity contribution in [1.29, 1.82) is 0 Å². The van der Waals surface area contributed by atoms with Crippen LogP contribution in [0.15, 0.2) is 72.8 Å². The van der Waals surface area contributed by atoms with Crippen LogP contribution in [-0.4, -0.2) is 14.2 Å². The lowest BCUT2D eigenvalue weighted by Gasteiger charge is -2.15. The summed E-state index contributed by atoms with van der Waals surface area (Å²) in [5, 5.41) is 7.25. The van der Waals surface area contributed by atoms with Crippen LogP contribution in [-0.2, 0) is 18.0 Å². The number of hydrogen-bond acceptors (Lipinski definition) is 3. The Hall–Kier alpha value is -3.56. The Bertz CT molecular complexity index is 1480. The van der Waals surface area contributed by atoms with Crippen LogP contribution in [0.25, 0.3) is 43.4 Å². The van der Waals surface area contributed by atoms with Crippen molar-refractivity contribution < 1.29 is 14.2 Å². The smallest absolute Gasteiger partial charge is 0.119 e. The monoisotopic (exact) mass is 406 g/mol. The molecule has 0 spiro atoms. The Morgan fingerprint density at radius 3 is 2.06 bits per heavy atom. The third-order valence-corrected chi connectivity index (χ3v) is 6.34. The maximum Gasteiger partial charge on any atom is 0.119 e. The molecule has 5 aromatic carbocycles. The average molecular weight is 406 g/mol. The van der Waals surface area contributed by atoms with Crippen molar-refractivity contribution in [3.8, 4) is 22.6 Å². The highest BCUT2D eigenvalue weighted by Gasteiger charge is 2.20. The summed E-state index contributed by atoms with van der Waals surface area (Å²) in [6.45, 7) is 1.32. The molecule has 152 valence electrons. The van der Waals surface area contributed by atoms with Crippen molar-refractivity contribution in [2.45, 2.75) is 13.2 Å². The van der Waals surface area contributed by atoms with Crippen LogP contribution in [0.2, 0.25) is 0 Å². The van der Waals surface area contributed by atoms with Crippen LogP contribution >= 0.6 is 0 Å². The maximum atomic E-state index is 5.86. The van der Waals surface area contributed by atoms with Gasteiger partial charge in [0, 0.05) is 0 Å². The zero-order valence-corrected chi connectivity index (χ0v) is 17.6. The first kappa shape index (κ1) is 18.2. The van der Waals surface area contributed by atoms with Gasteiger partial charge in [0.1, 0.15) is 11.5 Å². The highest BCUT2D eigenvalue weighted by molar-refractivity contribution is 6.07. The molecule has 6 rings (SSSR count). The number of ether oxygens (including phenoxy) is 3. The number of fused-ring (bicyclic) bond motifs is 4. The van der Waals surface area contributed by atoms with E-state index in [0.717, 1.165) is 11.5 Å². The Kier molecular flexibility index (Phi) is 4.12. The molecule has 0 fully saturated rings. The molecule has 0 atom stereocenters. The summed E-state index contributed by atoms with van der Waals surface area (Å²) < 4.78 is 16.7. The second kappa shape index (κ2) is 7.00. The lowest BCUT2D eigenvalue weighted by atomic mass is 9.88. The van der Waals surface area contributed by atoms with Gasteiger partial charge in [-0.15, -0.1) is 0 Å². The molecule has 1 aliphatic heterocycles. The minimum atomic E-state index is 0.650. The van der Waals surface area contributed by atoms with Gasteiger partial charge in [0.05, 0.1) is 27.4 Å². The van der Waals surface area contributed by atoms with Gasteiger partial charge in [0.25, 0.3) is 0 Å². The summed E-state index contributed by atoms with van der Waals surface area (Å²) in [4.78, 5) is 0. The second-order valence-electron chi connectivity index (χ2n) is 8.10. The maximum absolute atomic E-state index is 5.86. The Morgan fingerprint density at radius 1 is 0.613 bits per heavy atom. The van der Waals surface area contributed by atoms with E-state index in [9.17, 15) is 0 Å². The van der Waals surface area contributed by atoms with Crippen LogP contribution in [0.4, 0.5) is 0 Å². The van der Waals surface area contributed by atoms with Crippen molar-refractivity contribution in [2.75, 3.05) is 14.2 Å². The van der Waals surface area contributed by atoms with Crippen LogP contribution in [0.1, 0.15) is 11.1 Å². The van der Waals surface area contributed by atoms with Gasteiger partial charge in [-0.1, -0.05) is 24.3 Å². The van der Waals surface area contributed by atoms with E-state index in [4.69, 9.17) is 14.2 Å². The fourth-order valence-corrected chi connectivity index (χ4v) is 4.75. The number of rotatable bonds is 3. The molecule has 0 saturated heterocycles. The summed E-state index contributed by atoms with van der Waals surface area (Å²) in [6, 6.07) is 26.0. The number of hydrogen-bond donors (Lipinski definition) is 0. The van der Waals surface area contributed by atoms with Gasteiger partial charge in [-0.25, -0.2) is 0 Å². The molecule has 0 aliphatic carbocycles. The molecule has 0 radical (unpaired) electrons. The summed E-state index contributed by atoms with van der Waals surface area (Å²) in [7, 11) is 3.41. The van der Waals surface area contributed by atoms with E-state index in [1.807, 2.05) is 12.1 Å². The van der Waals surface area contributed by atoms with Crippen molar-refractivity contribution in [3.05, 3.63) is 83.9 Å². The first-order valence-corrected chi connectivity index (χ1v) is 10.5. The van der Waals surface area contributed by atoms with E-state index in [1.54, 1.807) is 14.2 Å². The largest absolute Gasteiger partial charge is 0.497 e. The molecule has 0 unspecified atom stereocenters. The molecule has 31 heavy (non-hydrogen) atoms. The fraction of sp³-hybridized carbons (Fsp3) is 0.143. The molecule has 0 aromatic heterocycles. The lowest BCUT2D eigenvalue weighted by molar-refractivity contribution is 0.134. The molecule has 0 amide bonds. The Labute approximate surface area is 180 Å². The van der Waals surface area contributed by atoms with Crippen LogP contribution in [0, 0.1) is 0 Å². The minimum absolute atomic E-state index is 0.650. The molecular formula is C28H22O3. The molecule has 1 aliphatic rings. The van der Waals surface area contributed by atoms with Gasteiger partial charge in [-0.3, -0.25) is 0 Å². The number of methoxy groups -OCH3 is 2. The van der Waals surface area contributed by atoms with Crippen molar-refractivity contribution >= 4 is 32.3 Å². The van der Waals surface area contributed by atoms with Gasteiger partial charge < -0.3 is 14.2 Å². The molecule has 1 heterocycles. The minimum Gasteiger partial charge on any atom is -0.497 e. The first-order chi connectivity index (χ1) is 15.2. The SMILES string of the molecule is COc1ccc2cc(-c3c4c(cc5cc6ccc(OC)cc6cc35)COC4)ccc2c1. The second-order valence-corrected chi connectivity index (χ2v) is 8.10. The van der Waals surface area contributed by atoms with Crippen molar-refractivity contribution in [1.82, 2.24) is 0 Å². The molecule has 0 bridgehead atoms. The third kappa shape index (κ3) is 2.93. The summed E-state index contributed by atoms with van der Waals surface area (Å²) >= 11 is 0. The fourth-order valence-electron chi connectivity index (χ4n) is 4.75. The van der Waals surface area contributed by atoms with E-state index in [1.165, 1.54) is 54.6 Å². The Morgan fingerprint density at radius 2 is 1.29 bits per heavy atom. The van der Waals surface area contributed by atoms with E-state index < -0.39 is 0 Å². The van der Waals surface area contributed by atoms with Gasteiger partial charge in [0.2, 0.25) is 0 Å². The van der Waals surface area contributed by atoms with Gasteiger partial charge in [-0.05, 0) is 103 Å². The third-order valence-electron chi connectivity index (χ3n) is 6.34. The van der Waals surface area contributed by atoms with E-state index in [-0.39, 0.29) is 0 Å². The quantitative estimate of drug-likeness (QED) is 0.306. The van der Waals surface area contributed by atoms with Gasteiger partial charge >= 0.3 is 0 Å². The molecule has 3 nitrogen and oxygen atoms in total. The predicted molar refractivity (Wildman–Crippen MR) is 126 cm³/mol. The first-order valence-electron chi connectivity index (χ1n) is 10.5. The standard InChI is InChI=1S/C28H22O3/c1-29-24-7-5-17-9-20(4-3-19(17)12-24)28-26-14-21-13-25(30-2)8-6-18(21)10-22(26)11-23-15-31-16-27(23)28/h3-14H,15-16H2,1-2H3. The van der Waals surface area contributed by atoms with Gasteiger partial charge in [0.15, 0.2) is 0 Å². The van der Waals surface area contributed by atoms with Crippen LogP contribution < -0.4 is 9.47 Å². The van der Waals surface area contributed by atoms with Gasteiger partial charge in [-0.2, -0.15) is 0 Å². The topological polar surface area (TPSA) is 27.7 Å². The van der Waals surface area contributed by atoms with Crippen LogP contribution in [0.5, 0.6) is 11.5 Å². The zero-order valence-electron chi connectivity index (χ0n) is 17.6. The highest BCUT2D eigenvalue weighted by atomic mass is 16.5. The normalized spacial score (nSPS) is 13.1. The molecular weight excluding hydrogens is 384 g/mol. The number of benzene rings is 5. The predicted octanol–water partition coefficient (Wildman–Crippen LogP) is 6.86. The molecule has 3 heteroatoms. The van der Waals surface area contributed by atoms with Crippen LogP contribution in [0.3, 0.4) is 0 Å². The Balaban J connectivity index is 1.65. The molecule has 5 aromatic rings. The van der Waals surface area contributed by atoms with E-state index in [2.05, 4.69) is 60.7 Å². The van der Waals surface area contributed by atoms with E-state index >= 15 is 0 Å². The molecule has 0 N–H and O–H groups in total. The van der Waals surface area contributed by atoms with Crippen molar-refractivity contribution in [2.24, 2.45) is 0 Å². The molecule has 0 saturated carbocycles. The van der Waals surface area contributed by atoms with Crippen molar-refractivity contribution in [3.63, 3.8) is 0 Å². The highest BCUT2D eigenvalue weighted by Crippen LogP contribution is 2.41. The summed E-state index contributed by atoms with van der Waals surface area (Å²) in [6.07, 6.45) is 0. The summed E-state index contributed by atoms with van der Waals surface area (Å²) in [5.74, 6) is 1.75. The summed E-state index contributed by atoms with van der Waals surface area (Å²) in [5.41, 5.74) is 5.06. The zero-order chi connectivity index (χ0) is 20.9. The lowest BCUT2D eigenvalue weighted by Crippen LogP contribution is -1.93.